The zero-order chi connectivity index (χ0) is 20.4. The summed E-state index contributed by atoms with van der Waals surface area (Å²) in [7, 11) is 0. The van der Waals surface area contributed by atoms with Crippen molar-refractivity contribution in [1.29, 1.82) is 0 Å². The highest BCUT2D eigenvalue weighted by Crippen LogP contribution is 2.39. The lowest BCUT2D eigenvalue weighted by atomic mass is 10.0. The van der Waals surface area contributed by atoms with E-state index in [9.17, 15) is 0 Å². The Balaban J connectivity index is 1.85. The molecule has 3 unspecified atom stereocenters. The highest BCUT2D eigenvalue weighted by Gasteiger charge is 2.40. The number of nitrogens with zero attached hydrogens (tertiary/aromatic N) is 2. The van der Waals surface area contributed by atoms with E-state index in [-0.39, 0.29) is 12.2 Å². The van der Waals surface area contributed by atoms with Crippen molar-refractivity contribution in [2.45, 2.75) is 71.6 Å². The Labute approximate surface area is 175 Å². The van der Waals surface area contributed by atoms with Gasteiger partial charge in [0.2, 0.25) is 0 Å². The van der Waals surface area contributed by atoms with Crippen molar-refractivity contribution >= 4 is 11.4 Å². The SMILES string of the molecule is CCCc1cccc(C2=CC3NCC(C)NC3N2c2c(CC)cccc2CC)n1. The Morgan fingerprint density at radius 2 is 1.76 bits per heavy atom. The molecule has 1 aromatic heterocycles. The molecule has 154 valence electrons. The number of nitrogens with one attached hydrogen (secondary N) is 2. The molecule has 2 aromatic rings. The Kier molecular flexibility index (Phi) is 6.02. The zero-order valence-corrected chi connectivity index (χ0v) is 18.2. The number of pyridine rings is 1. The number of rotatable bonds is 6. The van der Waals surface area contributed by atoms with Gasteiger partial charge >= 0.3 is 0 Å². The Bertz CT molecular complexity index is 866. The van der Waals surface area contributed by atoms with E-state index in [1.807, 2.05) is 0 Å². The van der Waals surface area contributed by atoms with Gasteiger partial charge in [-0.05, 0) is 55.5 Å². The van der Waals surface area contributed by atoms with E-state index in [0.717, 1.165) is 37.9 Å². The van der Waals surface area contributed by atoms with Gasteiger partial charge in [0.1, 0.15) is 6.17 Å². The average Bonchev–Trinajstić information content (AvgIpc) is 3.11. The number of anilines is 1. The van der Waals surface area contributed by atoms with Gasteiger partial charge in [-0.25, -0.2) is 0 Å². The van der Waals surface area contributed by atoms with Gasteiger partial charge in [-0.2, -0.15) is 0 Å². The minimum absolute atomic E-state index is 0.211. The number of hydrogen-bond donors (Lipinski definition) is 2. The van der Waals surface area contributed by atoms with Crippen LogP contribution in [0.4, 0.5) is 5.69 Å². The van der Waals surface area contributed by atoms with Gasteiger partial charge in [0.15, 0.2) is 0 Å². The van der Waals surface area contributed by atoms with Crippen LogP contribution in [0.15, 0.2) is 42.5 Å². The molecule has 0 amide bonds. The summed E-state index contributed by atoms with van der Waals surface area (Å²) in [5.41, 5.74) is 7.65. The third-order valence-electron chi connectivity index (χ3n) is 6.11. The Hall–Kier alpha value is -2.17. The maximum absolute atomic E-state index is 5.04. The largest absolute Gasteiger partial charge is 0.321 e. The van der Waals surface area contributed by atoms with Gasteiger partial charge < -0.3 is 10.2 Å². The summed E-state index contributed by atoms with van der Waals surface area (Å²) in [4.78, 5) is 7.57. The molecule has 0 saturated carbocycles. The van der Waals surface area contributed by atoms with E-state index in [0.29, 0.717) is 6.04 Å². The van der Waals surface area contributed by atoms with Gasteiger partial charge in [-0.1, -0.05) is 51.5 Å². The topological polar surface area (TPSA) is 40.2 Å². The average molecular weight is 391 g/mol. The van der Waals surface area contributed by atoms with Crippen LogP contribution >= 0.6 is 0 Å². The quantitative estimate of drug-likeness (QED) is 0.772. The molecule has 4 nitrogen and oxygen atoms in total. The maximum Gasteiger partial charge on any atom is 0.104 e. The van der Waals surface area contributed by atoms with Crippen LogP contribution in [0.2, 0.25) is 0 Å². The molecule has 0 spiro atoms. The van der Waals surface area contributed by atoms with Crippen LogP contribution in [0, 0.1) is 0 Å². The number of para-hydroxylation sites is 1. The highest BCUT2D eigenvalue weighted by atomic mass is 15.4. The lowest BCUT2D eigenvalue weighted by Crippen LogP contribution is -2.62. The number of piperazine rings is 1. The fraction of sp³-hybridized carbons (Fsp3) is 0.480. The molecule has 4 rings (SSSR count). The summed E-state index contributed by atoms with van der Waals surface area (Å²) >= 11 is 0. The van der Waals surface area contributed by atoms with E-state index in [1.54, 1.807) is 0 Å². The van der Waals surface area contributed by atoms with Crippen molar-refractivity contribution in [3.05, 3.63) is 65.0 Å². The molecule has 4 heteroatoms. The van der Waals surface area contributed by atoms with Gasteiger partial charge in [-0.15, -0.1) is 0 Å². The van der Waals surface area contributed by atoms with Crippen LogP contribution in [0.3, 0.4) is 0 Å². The van der Waals surface area contributed by atoms with E-state index in [1.165, 1.54) is 28.2 Å². The monoisotopic (exact) mass is 390 g/mol. The molecule has 3 heterocycles. The number of hydrogen-bond acceptors (Lipinski definition) is 4. The summed E-state index contributed by atoms with van der Waals surface area (Å²) in [6, 6.07) is 13.9. The van der Waals surface area contributed by atoms with Crippen molar-refractivity contribution in [1.82, 2.24) is 15.6 Å². The summed E-state index contributed by atoms with van der Waals surface area (Å²) in [6.07, 6.45) is 6.78. The number of aryl methyl sites for hydroxylation is 3. The first-order valence-corrected chi connectivity index (χ1v) is 11.2. The third kappa shape index (κ3) is 3.84. The summed E-state index contributed by atoms with van der Waals surface area (Å²) in [5.74, 6) is 0. The molecule has 2 aliphatic rings. The number of fused-ring (bicyclic) bond motifs is 1. The smallest absolute Gasteiger partial charge is 0.104 e. The Morgan fingerprint density at radius 1 is 1.03 bits per heavy atom. The van der Waals surface area contributed by atoms with Crippen molar-refractivity contribution < 1.29 is 0 Å². The predicted octanol–water partition coefficient (Wildman–Crippen LogP) is 4.30. The Morgan fingerprint density at radius 3 is 2.45 bits per heavy atom. The second-order valence-corrected chi connectivity index (χ2v) is 8.26. The van der Waals surface area contributed by atoms with Crippen LogP contribution in [0.5, 0.6) is 0 Å². The molecule has 0 radical (unpaired) electrons. The van der Waals surface area contributed by atoms with Crippen molar-refractivity contribution in [3.63, 3.8) is 0 Å². The molecular weight excluding hydrogens is 356 g/mol. The summed E-state index contributed by atoms with van der Waals surface area (Å²) in [6.45, 7) is 9.96. The van der Waals surface area contributed by atoms with Gasteiger partial charge in [0.25, 0.3) is 0 Å². The zero-order valence-electron chi connectivity index (χ0n) is 18.2. The van der Waals surface area contributed by atoms with Crippen molar-refractivity contribution in [2.75, 3.05) is 11.4 Å². The van der Waals surface area contributed by atoms with Crippen LogP contribution in [0.25, 0.3) is 5.70 Å². The highest BCUT2D eigenvalue weighted by molar-refractivity contribution is 5.85. The predicted molar refractivity (Wildman–Crippen MR) is 122 cm³/mol. The van der Waals surface area contributed by atoms with Gasteiger partial charge in [-0.3, -0.25) is 10.3 Å². The standard InChI is InChI=1S/C25H34N4/c1-5-10-20-13-9-14-21(28-20)23-15-22-25(27-17(4)16-26-22)29(23)24-18(6-2)11-8-12-19(24)7-3/h8-9,11-15,17,22,25-27H,5-7,10,16H2,1-4H3. The minimum Gasteiger partial charge on any atom is -0.321 e. The second-order valence-electron chi connectivity index (χ2n) is 8.26. The molecule has 1 aromatic carbocycles. The fourth-order valence-corrected chi connectivity index (χ4v) is 4.67. The van der Waals surface area contributed by atoms with E-state index in [4.69, 9.17) is 4.98 Å². The molecule has 29 heavy (non-hydrogen) atoms. The minimum atomic E-state index is 0.211. The first-order chi connectivity index (χ1) is 14.2. The molecule has 2 N–H and O–H groups in total. The number of aromatic nitrogens is 1. The lowest BCUT2D eigenvalue weighted by molar-refractivity contribution is 0.323. The van der Waals surface area contributed by atoms with Crippen molar-refractivity contribution in [2.24, 2.45) is 0 Å². The van der Waals surface area contributed by atoms with Crippen LogP contribution in [0.1, 0.15) is 56.6 Å². The first kappa shape index (κ1) is 20.1. The van der Waals surface area contributed by atoms with Gasteiger partial charge in [0, 0.05) is 24.0 Å². The normalized spacial score (nSPS) is 23.8. The van der Waals surface area contributed by atoms with Crippen LogP contribution in [-0.4, -0.2) is 29.8 Å². The van der Waals surface area contributed by atoms with E-state index < -0.39 is 0 Å². The number of benzene rings is 1. The molecule has 0 bridgehead atoms. The molecule has 3 atom stereocenters. The van der Waals surface area contributed by atoms with E-state index >= 15 is 0 Å². The van der Waals surface area contributed by atoms with Crippen LogP contribution < -0.4 is 15.5 Å². The molecule has 2 aliphatic heterocycles. The fourth-order valence-electron chi connectivity index (χ4n) is 4.67. The maximum atomic E-state index is 5.04. The van der Waals surface area contributed by atoms with Crippen molar-refractivity contribution in [3.8, 4) is 0 Å². The molecule has 1 fully saturated rings. The summed E-state index contributed by atoms with van der Waals surface area (Å²) < 4.78 is 0. The van der Waals surface area contributed by atoms with E-state index in [2.05, 4.69) is 85.7 Å². The third-order valence-corrected chi connectivity index (χ3v) is 6.11. The summed E-state index contributed by atoms with van der Waals surface area (Å²) in [5, 5.41) is 7.59. The molecule has 0 aliphatic carbocycles. The van der Waals surface area contributed by atoms with Gasteiger partial charge in [0.05, 0.1) is 17.4 Å². The first-order valence-electron chi connectivity index (χ1n) is 11.2. The second kappa shape index (κ2) is 8.68. The lowest BCUT2D eigenvalue weighted by Gasteiger charge is -2.40. The molecular formula is C25H34N4. The molecule has 1 saturated heterocycles. The van der Waals surface area contributed by atoms with Crippen LogP contribution in [-0.2, 0) is 19.3 Å².